The zero-order valence-electron chi connectivity index (χ0n) is 7.32. The smallest absolute Gasteiger partial charge is 0.0210 e. The van der Waals surface area contributed by atoms with Gasteiger partial charge in [0.1, 0.15) is 0 Å². The third kappa shape index (κ3) is 1.74. The normalized spacial score (nSPS) is 26.4. The second-order valence-corrected chi connectivity index (χ2v) is 3.43. The SMILES string of the molecule is CCC[C]1CCC1CCC. The Balaban J connectivity index is 2.09. The minimum atomic E-state index is 1.03. The average Bonchev–Trinajstić information content (AvgIpc) is 1.93. The summed E-state index contributed by atoms with van der Waals surface area (Å²) < 4.78 is 0. The highest BCUT2D eigenvalue weighted by Gasteiger charge is 2.28. The van der Waals surface area contributed by atoms with E-state index in [2.05, 4.69) is 13.8 Å². The Kier molecular flexibility index (Phi) is 3.24. The summed E-state index contributed by atoms with van der Waals surface area (Å²) >= 11 is 0. The van der Waals surface area contributed by atoms with Gasteiger partial charge in [0.25, 0.3) is 0 Å². The molecule has 10 heavy (non-hydrogen) atoms. The van der Waals surface area contributed by atoms with Crippen molar-refractivity contribution in [2.45, 2.75) is 52.4 Å². The summed E-state index contributed by atoms with van der Waals surface area (Å²) in [5, 5.41) is 0. The molecule has 0 amide bonds. The molecule has 0 aliphatic heterocycles. The first-order valence-electron chi connectivity index (χ1n) is 4.73. The number of rotatable bonds is 4. The molecule has 1 atom stereocenters. The molecule has 0 aromatic heterocycles. The maximum atomic E-state index is 2.29. The van der Waals surface area contributed by atoms with Crippen LogP contribution in [0.2, 0.25) is 0 Å². The predicted molar refractivity (Wildman–Crippen MR) is 45.8 cm³/mol. The molecule has 1 aliphatic rings. The fourth-order valence-electron chi connectivity index (χ4n) is 1.90. The molecule has 1 radical (unpaired) electrons. The van der Waals surface area contributed by atoms with Crippen LogP contribution in [0.25, 0.3) is 0 Å². The van der Waals surface area contributed by atoms with Crippen LogP contribution in [0.15, 0.2) is 0 Å². The van der Waals surface area contributed by atoms with Crippen LogP contribution in [-0.2, 0) is 0 Å². The van der Waals surface area contributed by atoms with Crippen LogP contribution < -0.4 is 0 Å². The molecule has 0 heteroatoms. The van der Waals surface area contributed by atoms with Crippen molar-refractivity contribution in [2.24, 2.45) is 5.92 Å². The zero-order valence-corrected chi connectivity index (χ0v) is 7.32. The summed E-state index contributed by atoms with van der Waals surface area (Å²) in [6.45, 7) is 4.58. The van der Waals surface area contributed by atoms with Crippen molar-refractivity contribution in [3.05, 3.63) is 5.92 Å². The molecule has 1 saturated carbocycles. The molecule has 0 heterocycles. The highest BCUT2D eigenvalue weighted by atomic mass is 14.3. The molecule has 1 rings (SSSR count). The summed E-state index contributed by atoms with van der Waals surface area (Å²) in [6.07, 6.45) is 8.52. The minimum absolute atomic E-state index is 1.03. The molecule has 0 nitrogen and oxygen atoms in total. The maximum Gasteiger partial charge on any atom is -0.0210 e. The first-order chi connectivity index (χ1) is 4.88. The van der Waals surface area contributed by atoms with Crippen LogP contribution in [0.1, 0.15) is 52.4 Å². The van der Waals surface area contributed by atoms with Crippen LogP contribution in [0.5, 0.6) is 0 Å². The van der Waals surface area contributed by atoms with Gasteiger partial charge in [0.2, 0.25) is 0 Å². The van der Waals surface area contributed by atoms with Crippen molar-refractivity contribution in [1.82, 2.24) is 0 Å². The quantitative estimate of drug-likeness (QED) is 0.558. The van der Waals surface area contributed by atoms with E-state index in [0.29, 0.717) is 0 Å². The molecule has 0 aromatic carbocycles. The van der Waals surface area contributed by atoms with E-state index in [4.69, 9.17) is 0 Å². The molecule has 0 aromatic rings. The van der Waals surface area contributed by atoms with E-state index >= 15 is 0 Å². The lowest BCUT2D eigenvalue weighted by atomic mass is 9.69. The van der Waals surface area contributed by atoms with Gasteiger partial charge < -0.3 is 0 Å². The van der Waals surface area contributed by atoms with Crippen molar-refractivity contribution < 1.29 is 0 Å². The Morgan fingerprint density at radius 3 is 2.50 bits per heavy atom. The number of hydrogen-bond donors (Lipinski definition) is 0. The van der Waals surface area contributed by atoms with Gasteiger partial charge in [-0.15, -0.1) is 0 Å². The fourth-order valence-corrected chi connectivity index (χ4v) is 1.90. The topological polar surface area (TPSA) is 0 Å². The Bertz CT molecular complexity index is 74.0. The molecule has 1 fully saturated rings. The van der Waals surface area contributed by atoms with Gasteiger partial charge in [-0.25, -0.2) is 0 Å². The average molecular weight is 139 g/mol. The van der Waals surface area contributed by atoms with Crippen molar-refractivity contribution >= 4 is 0 Å². The van der Waals surface area contributed by atoms with Crippen LogP contribution >= 0.6 is 0 Å². The summed E-state index contributed by atoms with van der Waals surface area (Å²) in [4.78, 5) is 0. The zero-order chi connectivity index (χ0) is 7.40. The van der Waals surface area contributed by atoms with Crippen molar-refractivity contribution in [3.8, 4) is 0 Å². The Morgan fingerprint density at radius 1 is 1.30 bits per heavy atom. The van der Waals surface area contributed by atoms with E-state index in [1.165, 1.54) is 38.5 Å². The van der Waals surface area contributed by atoms with E-state index in [1.54, 1.807) is 0 Å². The molecular formula is C10H19. The van der Waals surface area contributed by atoms with Crippen LogP contribution in [0.3, 0.4) is 0 Å². The third-order valence-electron chi connectivity index (χ3n) is 2.60. The van der Waals surface area contributed by atoms with Crippen molar-refractivity contribution in [3.63, 3.8) is 0 Å². The lowest BCUT2D eigenvalue weighted by Gasteiger charge is -2.36. The van der Waals surface area contributed by atoms with Crippen molar-refractivity contribution in [2.75, 3.05) is 0 Å². The Morgan fingerprint density at radius 2 is 2.10 bits per heavy atom. The Hall–Kier alpha value is 0. The van der Waals surface area contributed by atoms with E-state index in [0.717, 1.165) is 5.92 Å². The fraction of sp³-hybridized carbons (Fsp3) is 0.900. The van der Waals surface area contributed by atoms with E-state index in [9.17, 15) is 0 Å². The second-order valence-electron chi connectivity index (χ2n) is 3.43. The second kappa shape index (κ2) is 4.00. The van der Waals surface area contributed by atoms with Crippen LogP contribution in [0, 0.1) is 11.8 Å². The highest BCUT2D eigenvalue weighted by molar-refractivity contribution is 5.04. The third-order valence-corrected chi connectivity index (χ3v) is 2.60. The molecule has 0 bridgehead atoms. The number of hydrogen-bond acceptors (Lipinski definition) is 0. The van der Waals surface area contributed by atoms with E-state index < -0.39 is 0 Å². The summed E-state index contributed by atoms with van der Waals surface area (Å²) in [5.74, 6) is 2.90. The molecule has 1 unspecified atom stereocenters. The van der Waals surface area contributed by atoms with Gasteiger partial charge in [-0.05, 0) is 31.1 Å². The molecular weight excluding hydrogens is 120 g/mol. The van der Waals surface area contributed by atoms with Crippen LogP contribution in [-0.4, -0.2) is 0 Å². The van der Waals surface area contributed by atoms with Gasteiger partial charge in [0.05, 0.1) is 0 Å². The lowest BCUT2D eigenvalue weighted by molar-refractivity contribution is 0.315. The minimum Gasteiger partial charge on any atom is -0.0654 e. The monoisotopic (exact) mass is 139 g/mol. The molecule has 0 saturated heterocycles. The largest absolute Gasteiger partial charge is 0.0654 e. The maximum absolute atomic E-state index is 2.29. The summed E-state index contributed by atoms with van der Waals surface area (Å²) in [5.41, 5.74) is 0. The first kappa shape index (κ1) is 8.10. The molecule has 0 N–H and O–H groups in total. The standard InChI is InChI=1S/C10H19/c1-3-5-9-7-8-10(9)6-4-2/h9H,3-8H2,1-2H3. The van der Waals surface area contributed by atoms with Gasteiger partial charge in [0, 0.05) is 0 Å². The van der Waals surface area contributed by atoms with E-state index in [1.807, 2.05) is 5.92 Å². The van der Waals surface area contributed by atoms with E-state index in [-0.39, 0.29) is 0 Å². The molecule has 1 aliphatic carbocycles. The predicted octanol–water partition coefficient (Wildman–Crippen LogP) is 3.57. The Labute approximate surface area is 65.0 Å². The molecule has 59 valence electrons. The lowest BCUT2D eigenvalue weighted by Crippen LogP contribution is -2.23. The van der Waals surface area contributed by atoms with Crippen LogP contribution in [0.4, 0.5) is 0 Å². The summed E-state index contributed by atoms with van der Waals surface area (Å²) in [7, 11) is 0. The van der Waals surface area contributed by atoms with Gasteiger partial charge in [-0.2, -0.15) is 0 Å². The van der Waals surface area contributed by atoms with Crippen molar-refractivity contribution in [1.29, 1.82) is 0 Å². The molecule has 0 spiro atoms. The summed E-state index contributed by atoms with van der Waals surface area (Å²) in [6, 6.07) is 0. The van der Waals surface area contributed by atoms with Gasteiger partial charge in [-0.1, -0.05) is 33.1 Å². The van der Waals surface area contributed by atoms with Gasteiger partial charge >= 0.3 is 0 Å². The first-order valence-corrected chi connectivity index (χ1v) is 4.73. The van der Waals surface area contributed by atoms with Gasteiger partial charge in [-0.3, -0.25) is 0 Å². The highest BCUT2D eigenvalue weighted by Crippen LogP contribution is 2.42. The van der Waals surface area contributed by atoms with Gasteiger partial charge in [0.15, 0.2) is 0 Å².